The summed E-state index contributed by atoms with van der Waals surface area (Å²) in [5.41, 5.74) is 0. The third kappa shape index (κ3) is 4.71. The van der Waals surface area contributed by atoms with Gasteiger partial charge < -0.3 is 5.11 Å². The Bertz CT molecular complexity index is 307. The Labute approximate surface area is 98.7 Å². The molecule has 4 heteroatoms. The minimum atomic E-state index is -0.821. The summed E-state index contributed by atoms with van der Waals surface area (Å²) in [4.78, 5) is 11.1. The van der Waals surface area contributed by atoms with E-state index in [1.54, 1.807) is 17.8 Å². The number of rotatable bonds is 7. The highest BCUT2D eigenvalue weighted by atomic mass is 32.2. The molecule has 0 aromatic carbocycles. The number of carboxylic acid groups (broad SMARTS) is 1. The number of carboxylic acids is 1. The van der Waals surface area contributed by atoms with Crippen LogP contribution in [0.1, 0.15) is 42.3 Å². The molecule has 0 unspecified atom stereocenters. The zero-order valence-electron chi connectivity index (χ0n) is 8.86. The Kier molecular flexibility index (Phi) is 5.79. The van der Waals surface area contributed by atoms with E-state index in [4.69, 9.17) is 5.11 Å². The predicted octanol–water partition coefficient (Wildman–Crippen LogP) is 4.12. The van der Waals surface area contributed by atoms with Crippen molar-refractivity contribution in [3.63, 3.8) is 0 Å². The summed E-state index contributed by atoms with van der Waals surface area (Å²) in [6, 6.07) is 3.58. The molecule has 0 radical (unpaired) electrons. The van der Waals surface area contributed by atoms with Gasteiger partial charge in [-0.3, -0.25) is 0 Å². The third-order valence-electron chi connectivity index (χ3n) is 2.03. The van der Waals surface area contributed by atoms with Gasteiger partial charge in [-0.1, -0.05) is 26.2 Å². The lowest BCUT2D eigenvalue weighted by Gasteiger charge is -1.97. The van der Waals surface area contributed by atoms with Crippen LogP contribution in [0.3, 0.4) is 0 Å². The van der Waals surface area contributed by atoms with Crippen molar-refractivity contribution < 1.29 is 9.90 Å². The molecule has 0 aliphatic carbocycles. The fourth-order valence-corrected chi connectivity index (χ4v) is 3.26. The first-order valence-corrected chi connectivity index (χ1v) is 7.00. The fourth-order valence-electron chi connectivity index (χ4n) is 1.21. The van der Waals surface area contributed by atoms with Crippen LogP contribution in [0.4, 0.5) is 0 Å². The molecule has 84 valence electrons. The van der Waals surface area contributed by atoms with Gasteiger partial charge in [0, 0.05) is 0 Å². The Morgan fingerprint density at radius 1 is 1.40 bits per heavy atom. The van der Waals surface area contributed by atoms with Gasteiger partial charge in [-0.25, -0.2) is 4.79 Å². The molecule has 0 atom stereocenters. The maximum Gasteiger partial charge on any atom is 0.345 e. The summed E-state index contributed by atoms with van der Waals surface area (Å²) >= 11 is 3.13. The molecule has 1 N–H and O–H groups in total. The number of thiophene rings is 1. The van der Waals surface area contributed by atoms with Crippen LogP contribution in [-0.2, 0) is 0 Å². The summed E-state index contributed by atoms with van der Waals surface area (Å²) in [6.45, 7) is 2.20. The first-order chi connectivity index (χ1) is 7.24. The van der Waals surface area contributed by atoms with Gasteiger partial charge in [0.05, 0.1) is 4.21 Å². The molecule has 0 spiro atoms. The predicted molar refractivity (Wildman–Crippen MR) is 66.1 cm³/mol. The lowest BCUT2D eigenvalue weighted by Crippen LogP contribution is -1.89. The second-order valence-corrected chi connectivity index (χ2v) is 5.81. The van der Waals surface area contributed by atoms with E-state index in [2.05, 4.69) is 6.92 Å². The SMILES string of the molecule is CCCCCCSc1ccc(C(=O)O)s1. The van der Waals surface area contributed by atoms with Crippen molar-refractivity contribution in [2.45, 2.75) is 36.8 Å². The minimum Gasteiger partial charge on any atom is -0.477 e. The molecule has 2 nitrogen and oxygen atoms in total. The highest BCUT2D eigenvalue weighted by Gasteiger charge is 2.06. The van der Waals surface area contributed by atoms with E-state index in [0.29, 0.717) is 4.88 Å². The van der Waals surface area contributed by atoms with Crippen LogP contribution in [0.5, 0.6) is 0 Å². The quantitative estimate of drug-likeness (QED) is 0.579. The van der Waals surface area contributed by atoms with E-state index in [1.807, 2.05) is 6.07 Å². The summed E-state index contributed by atoms with van der Waals surface area (Å²) < 4.78 is 1.11. The van der Waals surface area contributed by atoms with Gasteiger partial charge >= 0.3 is 5.97 Å². The topological polar surface area (TPSA) is 37.3 Å². The van der Waals surface area contributed by atoms with Crippen molar-refractivity contribution >= 4 is 29.1 Å². The van der Waals surface area contributed by atoms with Crippen molar-refractivity contribution in [1.82, 2.24) is 0 Å². The highest BCUT2D eigenvalue weighted by molar-refractivity contribution is 8.01. The van der Waals surface area contributed by atoms with Gasteiger partial charge in [0.15, 0.2) is 0 Å². The second-order valence-electron chi connectivity index (χ2n) is 3.33. The summed E-state index contributed by atoms with van der Waals surface area (Å²) in [7, 11) is 0. The lowest BCUT2D eigenvalue weighted by atomic mass is 10.2. The summed E-state index contributed by atoms with van der Waals surface area (Å²) in [6.07, 6.45) is 5.05. The molecule has 1 aromatic heterocycles. The minimum absolute atomic E-state index is 0.436. The molecular weight excluding hydrogens is 228 g/mol. The zero-order chi connectivity index (χ0) is 11.1. The van der Waals surface area contributed by atoms with Crippen molar-refractivity contribution in [3.8, 4) is 0 Å². The standard InChI is InChI=1S/C11H16O2S2/c1-2-3-4-5-8-14-10-7-6-9(15-10)11(12)13/h6-7H,2-5,8H2,1H3,(H,12,13). The molecule has 0 aliphatic heterocycles. The maximum absolute atomic E-state index is 10.6. The van der Waals surface area contributed by atoms with Crippen LogP contribution in [0.15, 0.2) is 16.3 Å². The van der Waals surface area contributed by atoms with E-state index >= 15 is 0 Å². The first-order valence-electron chi connectivity index (χ1n) is 5.20. The Hall–Kier alpha value is -0.480. The lowest BCUT2D eigenvalue weighted by molar-refractivity contribution is 0.0702. The average Bonchev–Trinajstić information content (AvgIpc) is 2.66. The molecule has 1 aromatic rings. The summed E-state index contributed by atoms with van der Waals surface area (Å²) in [5, 5.41) is 8.74. The fraction of sp³-hybridized carbons (Fsp3) is 0.545. The number of carbonyl (C=O) groups is 1. The Morgan fingerprint density at radius 2 is 2.20 bits per heavy atom. The number of aromatic carboxylic acids is 1. The third-order valence-corrected chi connectivity index (χ3v) is 4.42. The molecule has 0 saturated carbocycles. The molecule has 0 aliphatic rings. The monoisotopic (exact) mass is 244 g/mol. The summed E-state index contributed by atoms with van der Waals surface area (Å²) in [5.74, 6) is 0.275. The molecule has 0 saturated heterocycles. The normalized spacial score (nSPS) is 10.5. The van der Waals surface area contributed by atoms with Gasteiger partial charge in [-0.2, -0.15) is 0 Å². The second kappa shape index (κ2) is 6.90. The van der Waals surface area contributed by atoms with E-state index in [-0.39, 0.29) is 0 Å². The van der Waals surface area contributed by atoms with Crippen LogP contribution in [0.2, 0.25) is 0 Å². The van der Waals surface area contributed by atoms with Gasteiger partial charge in [0.2, 0.25) is 0 Å². The number of hydrogen-bond donors (Lipinski definition) is 1. The van der Waals surface area contributed by atoms with Crippen LogP contribution in [0, 0.1) is 0 Å². The van der Waals surface area contributed by atoms with Gasteiger partial charge in [-0.15, -0.1) is 23.1 Å². The van der Waals surface area contributed by atoms with E-state index in [1.165, 1.54) is 37.0 Å². The molecular formula is C11H16O2S2. The largest absolute Gasteiger partial charge is 0.477 e. The average molecular weight is 244 g/mol. The molecule has 1 heterocycles. The number of hydrogen-bond acceptors (Lipinski definition) is 3. The van der Waals surface area contributed by atoms with Crippen LogP contribution >= 0.6 is 23.1 Å². The number of thioether (sulfide) groups is 1. The Morgan fingerprint density at radius 3 is 2.80 bits per heavy atom. The number of unbranched alkanes of at least 4 members (excludes halogenated alkanes) is 3. The maximum atomic E-state index is 10.6. The molecule has 0 fully saturated rings. The first kappa shape index (κ1) is 12.6. The zero-order valence-corrected chi connectivity index (χ0v) is 10.5. The van der Waals surface area contributed by atoms with Gasteiger partial charge in [-0.05, 0) is 24.3 Å². The van der Waals surface area contributed by atoms with Crippen LogP contribution in [-0.4, -0.2) is 16.8 Å². The van der Waals surface area contributed by atoms with Crippen molar-refractivity contribution in [1.29, 1.82) is 0 Å². The van der Waals surface area contributed by atoms with Crippen molar-refractivity contribution in [2.24, 2.45) is 0 Å². The van der Waals surface area contributed by atoms with E-state index in [9.17, 15) is 4.79 Å². The smallest absolute Gasteiger partial charge is 0.345 e. The molecule has 1 rings (SSSR count). The Balaban J connectivity index is 2.23. The molecule has 15 heavy (non-hydrogen) atoms. The van der Waals surface area contributed by atoms with Crippen molar-refractivity contribution in [3.05, 3.63) is 17.0 Å². The van der Waals surface area contributed by atoms with E-state index in [0.717, 1.165) is 9.96 Å². The van der Waals surface area contributed by atoms with Crippen LogP contribution < -0.4 is 0 Å². The van der Waals surface area contributed by atoms with Crippen LogP contribution in [0.25, 0.3) is 0 Å². The molecule has 0 amide bonds. The van der Waals surface area contributed by atoms with Gasteiger partial charge in [0.25, 0.3) is 0 Å². The molecule has 0 bridgehead atoms. The van der Waals surface area contributed by atoms with Gasteiger partial charge in [0.1, 0.15) is 4.88 Å². The van der Waals surface area contributed by atoms with E-state index < -0.39 is 5.97 Å². The highest BCUT2D eigenvalue weighted by Crippen LogP contribution is 2.28. The van der Waals surface area contributed by atoms with Crippen molar-refractivity contribution in [2.75, 3.05) is 5.75 Å².